The molecule has 0 spiro atoms. The number of carbonyl (C=O) groups is 1. The van der Waals surface area contributed by atoms with E-state index in [0.29, 0.717) is 11.5 Å². The summed E-state index contributed by atoms with van der Waals surface area (Å²) in [5.74, 6) is 0.318. The van der Waals surface area contributed by atoms with Crippen molar-refractivity contribution in [1.29, 1.82) is 0 Å². The molecule has 0 radical (unpaired) electrons. The molecule has 33 heavy (non-hydrogen) atoms. The van der Waals surface area contributed by atoms with Crippen LogP contribution in [0.4, 0.5) is 4.39 Å². The third kappa shape index (κ3) is 5.69. The standard InChI is InChI=1S/C22H23FN2O7S/c23-15-2-1-3-17(9-15)33(28,29)25-18-6-5-16(32-21(18)12-26)10-22(27)24-11-14-4-7-19-20(8-14)31-13-30-19/h1-9,16,18,21,25-26H,10-13H2,(H,24,27)/t16-,18-,21+/m1/s1. The molecular weight excluding hydrogens is 455 g/mol. The molecule has 0 aromatic heterocycles. The maximum absolute atomic E-state index is 13.4. The summed E-state index contributed by atoms with van der Waals surface area (Å²) < 4.78 is 57.1. The van der Waals surface area contributed by atoms with Gasteiger partial charge in [-0.1, -0.05) is 24.3 Å². The Kier molecular flexibility index (Phi) is 6.94. The first-order valence-corrected chi connectivity index (χ1v) is 11.7. The summed E-state index contributed by atoms with van der Waals surface area (Å²) in [6.45, 7) is -0.0245. The van der Waals surface area contributed by atoms with Crippen LogP contribution in [-0.4, -0.2) is 51.1 Å². The zero-order valence-corrected chi connectivity index (χ0v) is 18.3. The van der Waals surface area contributed by atoms with Crippen molar-refractivity contribution >= 4 is 15.9 Å². The van der Waals surface area contributed by atoms with E-state index in [-0.39, 0.29) is 30.6 Å². The number of rotatable bonds is 8. The Morgan fingerprint density at radius 1 is 1.12 bits per heavy atom. The van der Waals surface area contributed by atoms with Crippen LogP contribution in [0.2, 0.25) is 0 Å². The topological polar surface area (TPSA) is 123 Å². The Balaban J connectivity index is 1.33. The second-order valence-electron chi connectivity index (χ2n) is 7.55. The van der Waals surface area contributed by atoms with Crippen LogP contribution in [0.5, 0.6) is 11.5 Å². The number of halogens is 1. The van der Waals surface area contributed by atoms with Crippen molar-refractivity contribution in [3.05, 3.63) is 66.0 Å². The fourth-order valence-electron chi connectivity index (χ4n) is 3.50. The van der Waals surface area contributed by atoms with Crippen LogP contribution in [0.1, 0.15) is 12.0 Å². The molecule has 1 amide bonds. The predicted molar refractivity (Wildman–Crippen MR) is 114 cm³/mol. The molecule has 2 aromatic carbocycles. The van der Waals surface area contributed by atoms with Gasteiger partial charge in [-0.25, -0.2) is 17.5 Å². The van der Waals surface area contributed by atoms with Crippen LogP contribution in [0.3, 0.4) is 0 Å². The summed E-state index contributed by atoms with van der Waals surface area (Å²) in [4.78, 5) is 12.1. The second-order valence-corrected chi connectivity index (χ2v) is 9.27. The summed E-state index contributed by atoms with van der Waals surface area (Å²) in [6.07, 6.45) is 1.52. The van der Waals surface area contributed by atoms with Gasteiger partial charge in [0.05, 0.1) is 30.1 Å². The molecule has 0 fully saturated rings. The van der Waals surface area contributed by atoms with Gasteiger partial charge < -0.3 is 24.6 Å². The first-order chi connectivity index (χ1) is 15.8. The Hall–Kier alpha value is -2.99. The van der Waals surface area contributed by atoms with E-state index in [1.54, 1.807) is 18.2 Å². The lowest BCUT2D eigenvalue weighted by molar-refractivity contribution is -0.125. The van der Waals surface area contributed by atoms with Crippen molar-refractivity contribution in [2.45, 2.75) is 36.1 Å². The molecular formula is C22H23FN2O7S. The van der Waals surface area contributed by atoms with E-state index in [4.69, 9.17) is 14.2 Å². The largest absolute Gasteiger partial charge is 0.454 e. The van der Waals surface area contributed by atoms with E-state index >= 15 is 0 Å². The lowest BCUT2D eigenvalue weighted by Crippen LogP contribution is -2.49. The summed E-state index contributed by atoms with van der Waals surface area (Å²) >= 11 is 0. The molecule has 2 aliphatic heterocycles. The molecule has 2 aliphatic rings. The molecule has 2 heterocycles. The third-order valence-corrected chi connectivity index (χ3v) is 6.63. The highest BCUT2D eigenvalue weighted by molar-refractivity contribution is 7.89. The first-order valence-electron chi connectivity index (χ1n) is 10.2. The van der Waals surface area contributed by atoms with Gasteiger partial charge in [-0.3, -0.25) is 4.79 Å². The van der Waals surface area contributed by atoms with E-state index in [1.807, 2.05) is 6.07 Å². The summed E-state index contributed by atoms with van der Waals surface area (Å²) in [7, 11) is -4.04. The normalized spacial score (nSPS) is 21.7. The molecule has 176 valence electrons. The second kappa shape index (κ2) is 9.87. The van der Waals surface area contributed by atoms with Crippen molar-refractivity contribution in [2.24, 2.45) is 0 Å². The van der Waals surface area contributed by atoms with Gasteiger partial charge in [-0.2, -0.15) is 0 Å². The quantitative estimate of drug-likeness (QED) is 0.488. The van der Waals surface area contributed by atoms with Gasteiger partial charge in [0, 0.05) is 6.54 Å². The van der Waals surface area contributed by atoms with Gasteiger partial charge in [0.1, 0.15) is 11.9 Å². The highest BCUT2D eigenvalue weighted by Crippen LogP contribution is 2.32. The lowest BCUT2D eigenvalue weighted by atomic mass is 10.1. The zero-order chi connectivity index (χ0) is 23.4. The van der Waals surface area contributed by atoms with Crippen LogP contribution >= 0.6 is 0 Å². The zero-order valence-electron chi connectivity index (χ0n) is 17.4. The monoisotopic (exact) mass is 478 g/mol. The number of carbonyl (C=O) groups excluding carboxylic acids is 1. The molecule has 0 aliphatic carbocycles. The van der Waals surface area contributed by atoms with Gasteiger partial charge in [0.25, 0.3) is 0 Å². The molecule has 3 N–H and O–H groups in total. The number of aliphatic hydroxyl groups is 1. The maximum atomic E-state index is 13.4. The fraction of sp³-hybridized carbons (Fsp3) is 0.318. The van der Waals surface area contributed by atoms with E-state index in [0.717, 1.165) is 17.7 Å². The first kappa shape index (κ1) is 23.2. The number of fused-ring (bicyclic) bond motifs is 1. The average molecular weight is 478 g/mol. The van der Waals surface area contributed by atoms with Crippen LogP contribution < -0.4 is 19.5 Å². The maximum Gasteiger partial charge on any atom is 0.241 e. The molecule has 4 rings (SSSR count). The molecule has 9 nitrogen and oxygen atoms in total. The van der Waals surface area contributed by atoms with Crippen molar-refractivity contribution in [3.63, 3.8) is 0 Å². The van der Waals surface area contributed by atoms with Crippen LogP contribution in [0.15, 0.2) is 59.5 Å². The van der Waals surface area contributed by atoms with Gasteiger partial charge in [0.15, 0.2) is 11.5 Å². The molecule has 3 atom stereocenters. The molecule has 0 bridgehead atoms. The van der Waals surface area contributed by atoms with E-state index < -0.39 is 40.7 Å². The lowest BCUT2D eigenvalue weighted by Gasteiger charge is -2.31. The van der Waals surface area contributed by atoms with E-state index in [2.05, 4.69) is 10.0 Å². The summed E-state index contributed by atoms with van der Waals surface area (Å²) in [5.41, 5.74) is 0.841. The Morgan fingerprint density at radius 3 is 2.73 bits per heavy atom. The molecule has 11 heteroatoms. The smallest absolute Gasteiger partial charge is 0.241 e. The summed E-state index contributed by atoms with van der Waals surface area (Å²) in [5, 5.41) is 12.5. The van der Waals surface area contributed by atoms with Crippen molar-refractivity contribution < 1.29 is 36.9 Å². The predicted octanol–water partition coefficient (Wildman–Crippen LogP) is 1.22. The van der Waals surface area contributed by atoms with Crippen molar-refractivity contribution in [2.75, 3.05) is 13.4 Å². The van der Waals surface area contributed by atoms with Crippen LogP contribution in [-0.2, 0) is 26.1 Å². The number of hydrogen-bond donors (Lipinski definition) is 3. The van der Waals surface area contributed by atoms with E-state index in [1.165, 1.54) is 18.2 Å². The Morgan fingerprint density at radius 2 is 1.94 bits per heavy atom. The summed E-state index contributed by atoms with van der Waals surface area (Å²) in [6, 6.07) is 9.10. The minimum absolute atomic E-state index is 0.0130. The highest BCUT2D eigenvalue weighted by Gasteiger charge is 2.31. The number of hydrogen-bond acceptors (Lipinski definition) is 7. The van der Waals surface area contributed by atoms with E-state index in [9.17, 15) is 22.7 Å². The minimum atomic E-state index is -4.04. The number of sulfonamides is 1. The Bertz CT molecular complexity index is 1160. The fourth-order valence-corrected chi connectivity index (χ4v) is 4.75. The van der Waals surface area contributed by atoms with Gasteiger partial charge in [0.2, 0.25) is 22.7 Å². The number of benzene rings is 2. The average Bonchev–Trinajstić information content (AvgIpc) is 3.26. The SMILES string of the molecule is O=C(C[C@H]1C=C[C@@H](NS(=O)(=O)c2cccc(F)c2)[C@H](CO)O1)NCc1ccc2c(c1)OCO2. The number of ether oxygens (including phenoxy) is 3. The van der Waals surface area contributed by atoms with Crippen molar-refractivity contribution in [3.8, 4) is 11.5 Å². The molecule has 0 unspecified atom stereocenters. The highest BCUT2D eigenvalue weighted by atomic mass is 32.2. The number of amides is 1. The number of nitrogens with one attached hydrogen (secondary N) is 2. The molecule has 0 saturated heterocycles. The molecule has 2 aromatic rings. The van der Waals surface area contributed by atoms with Gasteiger partial charge >= 0.3 is 0 Å². The van der Waals surface area contributed by atoms with Gasteiger partial charge in [-0.15, -0.1) is 0 Å². The van der Waals surface area contributed by atoms with Crippen LogP contribution in [0, 0.1) is 5.82 Å². The minimum Gasteiger partial charge on any atom is -0.454 e. The van der Waals surface area contributed by atoms with Crippen LogP contribution in [0.25, 0.3) is 0 Å². The van der Waals surface area contributed by atoms with Crippen molar-refractivity contribution in [1.82, 2.24) is 10.0 Å². The third-order valence-electron chi connectivity index (χ3n) is 5.17. The number of aliphatic hydroxyl groups excluding tert-OH is 1. The Labute approximate surface area is 190 Å². The molecule has 0 saturated carbocycles. The van der Waals surface area contributed by atoms with Gasteiger partial charge in [-0.05, 0) is 35.9 Å².